The SMILES string of the molecule is Brc1cc(Br)cc(Br)c1.CC1(C)OB(c2cc3ccccc3c3ccccc23)OC1(C)C.CCCOCCC.[CH3-].[Pd]. The molecule has 1 aliphatic heterocycles. The van der Waals surface area contributed by atoms with Gasteiger partial charge < -0.3 is 21.5 Å². The van der Waals surface area contributed by atoms with Crippen LogP contribution in [0.2, 0.25) is 0 Å². The van der Waals surface area contributed by atoms with E-state index in [1.54, 1.807) is 0 Å². The van der Waals surface area contributed by atoms with Gasteiger partial charge in [0.2, 0.25) is 0 Å². The van der Waals surface area contributed by atoms with Crippen molar-refractivity contribution in [1.29, 1.82) is 0 Å². The number of hydrogen-bond acceptors (Lipinski definition) is 3. The van der Waals surface area contributed by atoms with Crippen LogP contribution in [0, 0.1) is 7.43 Å². The van der Waals surface area contributed by atoms with Gasteiger partial charge in [-0.15, -0.1) is 0 Å². The molecular weight excluding hydrogens is 801 g/mol. The third-order valence-corrected chi connectivity index (χ3v) is 8.20. The second-order valence-corrected chi connectivity index (χ2v) is 13.3. The number of halogens is 3. The van der Waals surface area contributed by atoms with Gasteiger partial charge in [0, 0.05) is 47.1 Å². The summed E-state index contributed by atoms with van der Waals surface area (Å²) in [6, 6.07) is 25.2. The molecule has 0 atom stereocenters. The molecule has 0 radical (unpaired) electrons. The third kappa shape index (κ3) is 10.5. The van der Waals surface area contributed by atoms with Crippen LogP contribution in [-0.4, -0.2) is 31.5 Å². The molecule has 0 spiro atoms. The largest absolute Gasteiger partial charge is 0.495 e. The van der Waals surface area contributed by atoms with Crippen LogP contribution in [0.4, 0.5) is 0 Å². The molecule has 1 aliphatic rings. The van der Waals surface area contributed by atoms with Gasteiger partial charge >= 0.3 is 7.12 Å². The minimum absolute atomic E-state index is 0. The summed E-state index contributed by atoms with van der Waals surface area (Å²) in [5.41, 5.74) is 0.451. The predicted molar refractivity (Wildman–Crippen MR) is 185 cm³/mol. The molecule has 0 unspecified atom stereocenters. The monoisotopic (exact) mass is 839 g/mol. The quantitative estimate of drug-likeness (QED) is 0.0867. The molecule has 0 amide bonds. The zero-order valence-corrected chi connectivity index (χ0v) is 31.3. The van der Waals surface area contributed by atoms with Crippen LogP contribution in [0.1, 0.15) is 54.4 Å². The molecule has 4 aromatic carbocycles. The Morgan fingerprint density at radius 1 is 0.659 bits per heavy atom. The van der Waals surface area contributed by atoms with Crippen molar-refractivity contribution < 1.29 is 34.5 Å². The molecule has 4 aromatic rings. The van der Waals surface area contributed by atoms with Crippen LogP contribution in [0.3, 0.4) is 0 Å². The molecule has 1 fully saturated rings. The summed E-state index contributed by atoms with van der Waals surface area (Å²) >= 11 is 10.1. The molecule has 0 aromatic heterocycles. The van der Waals surface area contributed by atoms with Crippen LogP contribution < -0.4 is 5.46 Å². The molecule has 1 heterocycles. The van der Waals surface area contributed by atoms with Gasteiger partial charge in [-0.05, 0) is 85.7 Å². The molecule has 226 valence electrons. The molecule has 8 heteroatoms. The van der Waals surface area contributed by atoms with E-state index >= 15 is 0 Å². The van der Waals surface area contributed by atoms with E-state index in [4.69, 9.17) is 14.0 Å². The van der Waals surface area contributed by atoms with Crippen LogP contribution in [-0.2, 0) is 34.5 Å². The molecular formula is C33H41BBr3O3Pd-. The van der Waals surface area contributed by atoms with E-state index in [0.29, 0.717) is 0 Å². The zero-order chi connectivity index (χ0) is 28.6. The average molecular weight is 843 g/mol. The van der Waals surface area contributed by atoms with Crippen molar-refractivity contribution >= 4 is 81.9 Å². The summed E-state index contributed by atoms with van der Waals surface area (Å²) in [5, 5.41) is 4.93. The van der Waals surface area contributed by atoms with Crippen molar-refractivity contribution in [2.75, 3.05) is 13.2 Å². The fourth-order valence-corrected chi connectivity index (χ4v) is 6.56. The van der Waals surface area contributed by atoms with Crippen LogP contribution in [0.25, 0.3) is 21.5 Å². The molecule has 0 aliphatic carbocycles. The van der Waals surface area contributed by atoms with Gasteiger partial charge in [0.25, 0.3) is 0 Å². The summed E-state index contributed by atoms with van der Waals surface area (Å²) in [6.07, 6.45) is 2.28. The van der Waals surface area contributed by atoms with E-state index < -0.39 is 0 Å². The second-order valence-electron chi connectivity index (χ2n) is 10.5. The molecule has 3 nitrogen and oxygen atoms in total. The average Bonchev–Trinajstić information content (AvgIpc) is 3.10. The first-order valence-electron chi connectivity index (χ1n) is 13.4. The minimum atomic E-state index is -0.338. The fourth-order valence-electron chi connectivity index (χ4n) is 4.16. The van der Waals surface area contributed by atoms with Crippen LogP contribution in [0.15, 0.2) is 86.2 Å². The van der Waals surface area contributed by atoms with Gasteiger partial charge in [-0.25, -0.2) is 0 Å². The standard InChI is InChI=1S/C20H21BO2.C6H3Br3.C6H14O.CH3.Pd/c1-19(2)20(3,4)23-21(22-19)18-13-14-9-5-6-10-15(14)16-11-7-8-12-17(16)18;7-4-1-5(8)3-6(9)2-4;1-3-5-7-6-4-2;;/h5-13H,1-4H3;1-3H;3-6H2,1-2H3;1H3;/q;;;-1;. The van der Waals surface area contributed by atoms with E-state index in [9.17, 15) is 0 Å². The molecule has 0 bridgehead atoms. The van der Waals surface area contributed by atoms with E-state index in [1.165, 1.54) is 21.5 Å². The molecule has 1 saturated heterocycles. The van der Waals surface area contributed by atoms with Gasteiger partial charge in [-0.3, -0.25) is 0 Å². The van der Waals surface area contributed by atoms with Crippen molar-refractivity contribution in [3.8, 4) is 0 Å². The first kappa shape index (κ1) is 38.5. The Bertz CT molecular complexity index is 1310. The van der Waals surface area contributed by atoms with Gasteiger partial charge in [0.15, 0.2) is 0 Å². The number of hydrogen-bond donors (Lipinski definition) is 0. The number of ether oxygens (including phenoxy) is 1. The molecule has 0 saturated carbocycles. The third-order valence-electron chi connectivity index (χ3n) is 6.83. The molecule has 0 N–H and O–H groups in total. The Balaban J connectivity index is 0.000000390. The Hall–Kier alpha value is -0.553. The number of fused-ring (bicyclic) bond motifs is 3. The van der Waals surface area contributed by atoms with Crippen molar-refractivity contribution in [1.82, 2.24) is 0 Å². The number of rotatable bonds is 5. The van der Waals surface area contributed by atoms with E-state index in [1.807, 2.05) is 18.2 Å². The van der Waals surface area contributed by atoms with Crippen molar-refractivity contribution in [3.05, 3.63) is 93.6 Å². The maximum Gasteiger partial charge on any atom is 0.495 e. The maximum absolute atomic E-state index is 6.28. The second kappa shape index (κ2) is 17.7. The summed E-state index contributed by atoms with van der Waals surface area (Å²) in [7, 11) is -0.338. The summed E-state index contributed by atoms with van der Waals surface area (Å²) < 4.78 is 20.9. The first-order valence-corrected chi connectivity index (χ1v) is 15.8. The van der Waals surface area contributed by atoms with Gasteiger partial charge in [-0.1, -0.05) is 116 Å². The Kier molecular flexibility index (Phi) is 16.6. The summed E-state index contributed by atoms with van der Waals surface area (Å²) in [6.45, 7) is 14.5. The predicted octanol–water partition coefficient (Wildman–Crippen LogP) is 10.5. The maximum atomic E-state index is 6.28. The van der Waals surface area contributed by atoms with E-state index in [2.05, 4.69) is 144 Å². The van der Waals surface area contributed by atoms with Crippen LogP contribution >= 0.6 is 47.8 Å². The van der Waals surface area contributed by atoms with Crippen molar-refractivity contribution in [2.45, 2.75) is 65.6 Å². The Morgan fingerprint density at radius 2 is 1.07 bits per heavy atom. The smallest absolute Gasteiger partial charge is 0.399 e. The van der Waals surface area contributed by atoms with Gasteiger partial charge in [0.05, 0.1) is 11.2 Å². The Morgan fingerprint density at radius 3 is 1.54 bits per heavy atom. The number of benzene rings is 4. The van der Waals surface area contributed by atoms with Gasteiger partial charge in [0.1, 0.15) is 0 Å². The zero-order valence-electron chi connectivity index (χ0n) is 25.0. The van der Waals surface area contributed by atoms with E-state index in [0.717, 1.165) is 44.9 Å². The van der Waals surface area contributed by atoms with E-state index in [-0.39, 0.29) is 46.2 Å². The fraction of sp³-hybridized carbons (Fsp3) is 0.364. The summed E-state index contributed by atoms with van der Waals surface area (Å²) in [5.74, 6) is 0. The Labute approximate surface area is 286 Å². The van der Waals surface area contributed by atoms with Crippen molar-refractivity contribution in [2.24, 2.45) is 0 Å². The van der Waals surface area contributed by atoms with Crippen LogP contribution in [0.5, 0.6) is 0 Å². The van der Waals surface area contributed by atoms with Crippen molar-refractivity contribution in [3.63, 3.8) is 0 Å². The van der Waals surface area contributed by atoms with Gasteiger partial charge in [-0.2, -0.15) is 0 Å². The minimum Gasteiger partial charge on any atom is -0.399 e. The molecule has 41 heavy (non-hydrogen) atoms. The topological polar surface area (TPSA) is 27.7 Å². The normalized spacial score (nSPS) is 14.7. The first-order chi connectivity index (χ1) is 18.5. The summed E-state index contributed by atoms with van der Waals surface area (Å²) in [4.78, 5) is 0. The molecule has 5 rings (SSSR count).